The molecule has 2 aromatic carbocycles. The average Bonchev–Trinajstić information content (AvgIpc) is 2.57. The Morgan fingerprint density at radius 1 is 1.17 bits per heavy atom. The Hall–Kier alpha value is -2.49. The fraction of sp³-hybridized carbons (Fsp3) is 0.350. The summed E-state index contributed by atoms with van der Waals surface area (Å²) in [5, 5.41) is 3.02. The minimum Gasteiger partial charge on any atom is -0.486 e. The van der Waals surface area contributed by atoms with E-state index in [0.29, 0.717) is 6.54 Å². The largest absolute Gasteiger partial charge is 0.486 e. The highest BCUT2D eigenvalue weighted by molar-refractivity contribution is 6.03. The van der Waals surface area contributed by atoms with Gasteiger partial charge in [-0.2, -0.15) is 0 Å². The topological polar surface area (TPSA) is 41.6 Å². The minimum atomic E-state index is -0.119. The van der Waals surface area contributed by atoms with Crippen LogP contribution in [0.15, 0.2) is 36.4 Å². The second-order valence-corrected chi connectivity index (χ2v) is 6.46. The number of aryl methyl sites for hydroxylation is 3. The number of fused-ring (bicyclic) bond motifs is 1. The second kappa shape index (κ2) is 6.56. The molecule has 0 saturated heterocycles. The van der Waals surface area contributed by atoms with E-state index in [4.69, 9.17) is 4.74 Å². The summed E-state index contributed by atoms with van der Waals surface area (Å²) in [5.41, 5.74) is 5.14. The summed E-state index contributed by atoms with van der Waals surface area (Å²) in [7, 11) is 0. The predicted molar refractivity (Wildman–Crippen MR) is 98.2 cm³/mol. The number of urea groups is 1. The lowest BCUT2D eigenvalue weighted by Crippen LogP contribution is -2.45. The Morgan fingerprint density at radius 3 is 2.67 bits per heavy atom. The molecule has 0 bridgehead atoms. The maximum Gasteiger partial charge on any atom is 0.326 e. The number of benzene rings is 2. The first-order chi connectivity index (χ1) is 11.5. The van der Waals surface area contributed by atoms with E-state index in [1.807, 2.05) is 50.2 Å². The Bertz CT molecular complexity index is 770. The van der Waals surface area contributed by atoms with Gasteiger partial charge in [-0.25, -0.2) is 4.79 Å². The van der Waals surface area contributed by atoms with E-state index in [1.165, 1.54) is 5.56 Å². The molecule has 2 amide bonds. The molecule has 1 heterocycles. The number of rotatable bonds is 2. The monoisotopic (exact) mass is 324 g/mol. The summed E-state index contributed by atoms with van der Waals surface area (Å²) in [6, 6.07) is 11.8. The van der Waals surface area contributed by atoms with Gasteiger partial charge < -0.3 is 10.1 Å². The number of amides is 2. The Labute approximate surface area is 143 Å². The first-order valence-corrected chi connectivity index (χ1v) is 8.41. The summed E-state index contributed by atoms with van der Waals surface area (Å²) in [6.45, 7) is 8.76. The van der Waals surface area contributed by atoms with Crippen molar-refractivity contribution in [3.05, 3.63) is 53.1 Å². The zero-order valence-corrected chi connectivity index (χ0v) is 14.7. The highest BCUT2D eigenvalue weighted by Gasteiger charge is 2.29. The molecule has 0 fully saturated rings. The number of hydrogen-bond donors (Lipinski definition) is 1. The third kappa shape index (κ3) is 3.23. The number of anilines is 2. The van der Waals surface area contributed by atoms with Crippen molar-refractivity contribution in [3.8, 4) is 5.75 Å². The zero-order chi connectivity index (χ0) is 17.3. The van der Waals surface area contributed by atoms with E-state index in [-0.39, 0.29) is 12.1 Å². The first kappa shape index (κ1) is 16.4. The van der Waals surface area contributed by atoms with Gasteiger partial charge in [-0.15, -0.1) is 0 Å². The molecule has 24 heavy (non-hydrogen) atoms. The van der Waals surface area contributed by atoms with E-state index < -0.39 is 0 Å². The lowest BCUT2D eigenvalue weighted by atomic mass is 10.1. The molecule has 126 valence electrons. The van der Waals surface area contributed by atoms with Crippen molar-refractivity contribution in [2.24, 2.45) is 0 Å². The van der Waals surface area contributed by atoms with Crippen LogP contribution < -0.4 is 15.0 Å². The molecule has 0 radical (unpaired) electrons. The van der Waals surface area contributed by atoms with Gasteiger partial charge in [0.15, 0.2) is 0 Å². The van der Waals surface area contributed by atoms with Crippen molar-refractivity contribution in [2.45, 2.75) is 40.2 Å². The Kier molecular flexibility index (Phi) is 4.47. The summed E-state index contributed by atoms with van der Waals surface area (Å²) >= 11 is 0. The molecular formula is C20H24N2O2. The number of nitrogens with one attached hydrogen (secondary N) is 1. The highest BCUT2D eigenvalue weighted by atomic mass is 16.5. The third-order valence-corrected chi connectivity index (χ3v) is 4.54. The summed E-state index contributed by atoms with van der Waals surface area (Å²) in [4.78, 5) is 14.6. The first-order valence-electron chi connectivity index (χ1n) is 8.41. The molecule has 0 spiro atoms. The molecule has 4 heteroatoms. The van der Waals surface area contributed by atoms with Gasteiger partial charge in [-0.05, 0) is 68.1 Å². The van der Waals surface area contributed by atoms with Gasteiger partial charge in [0.25, 0.3) is 0 Å². The van der Waals surface area contributed by atoms with Crippen molar-refractivity contribution in [3.63, 3.8) is 0 Å². The fourth-order valence-electron chi connectivity index (χ4n) is 2.87. The summed E-state index contributed by atoms with van der Waals surface area (Å²) in [6.07, 6.45) is 0.881. The predicted octanol–water partition coefficient (Wildman–Crippen LogP) is 4.82. The van der Waals surface area contributed by atoms with E-state index in [2.05, 4.69) is 19.2 Å². The van der Waals surface area contributed by atoms with Crippen LogP contribution in [0.4, 0.5) is 16.2 Å². The quantitative estimate of drug-likeness (QED) is 0.860. The van der Waals surface area contributed by atoms with Crippen LogP contribution in [-0.2, 0) is 0 Å². The molecule has 1 aliphatic heterocycles. The molecule has 0 aromatic heterocycles. The van der Waals surface area contributed by atoms with Gasteiger partial charge in [-0.3, -0.25) is 4.90 Å². The number of ether oxygens (including phenoxy) is 1. The van der Waals surface area contributed by atoms with Crippen molar-refractivity contribution >= 4 is 17.4 Å². The standard InChI is InChI=1S/C20H24N2O2/c1-5-17-12-22(18-10-13(2)6-9-19(18)24-17)20(23)21-16-8-7-14(3)15(4)11-16/h6-11,17H,5,12H2,1-4H3,(H,21,23). The van der Waals surface area contributed by atoms with E-state index >= 15 is 0 Å². The van der Waals surface area contributed by atoms with Crippen LogP contribution in [0, 0.1) is 20.8 Å². The lowest BCUT2D eigenvalue weighted by molar-refractivity contribution is 0.188. The fourth-order valence-corrected chi connectivity index (χ4v) is 2.87. The second-order valence-electron chi connectivity index (χ2n) is 6.46. The normalized spacial score (nSPS) is 16.3. The van der Waals surface area contributed by atoms with E-state index in [9.17, 15) is 4.79 Å². The SMILES string of the molecule is CCC1CN(C(=O)Nc2ccc(C)c(C)c2)c2cc(C)ccc2O1. The van der Waals surface area contributed by atoms with Gasteiger partial charge >= 0.3 is 6.03 Å². The van der Waals surface area contributed by atoms with Crippen molar-refractivity contribution in [2.75, 3.05) is 16.8 Å². The molecule has 2 aromatic rings. The number of hydrogen-bond acceptors (Lipinski definition) is 2. The van der Waals surface area contributed by atoms with Crippen LogP contribution in [0.5, 0.6) is 5.75 Å². The molecular weight excluding hydrogens is 300 g/mol. The minimum absolute atomic E-state index is 0.0192. The smallest absolute Gasteiger partial charge is 0.326 e. The van der Waals surface area contributed by atoms with Gasteiger partial charge in [0, 0.05) is 5.69 Å². The lowest BCUT2D eigenvalue weighted by Gasteiger charge is -2.34. The molecule has 0 saturated carbocycles. The molecule has 1 N–H and O–H groups in total. The zero-order valence-electron chi connectivity index (χ0n) is 14.7. The number of carbonyl (C=O) groups excluding carboxylic acids is 1. The van der Waals surface area contributed by atoms with Gasteiger partial charge in [0.1, 0.15) is 11.9 Å². The van der Waals surface area contributed by atoms with Crippen LogP contribution in [0.1, 0.15) is 30.0 Å². The van der Waals surface area contributed by atoms with Crippen LogP contribution in [0.2, 0.25) is 0 Å². The van der Waals surface area contributed by atoms with E-state index in [0.717, 1.165) is 34.7 Å². The number of carbonyl (C=O) groups is 1. The van der Waals surface area contributed by atoms with Crippen LogP contribution >= 0.6 is 0 Å². The maximum absolute atomic E-state index is 12.9. The molecule has 0 aliphatic carbocycles. The van der Waals surface area contributed by atoms with Crippen molar-refractivity contribution in [1.29, 1.82) is 0 Å². The molecule has 4 nitrogen and oxygen atoms in total. The van der Waals surface area contributed by atoms with Crippen molar-refractivity contribution < 1.29 is 9.53 Å². The van der Waals surface area contributed by atoms with Gasteiger partial charge in [-0.1, -0.05) is 19.1 Å². The van der Waals surface area contributed by atoms with Crippen LogP contribution in [0.25, 0.3) is 0 Å². The molecule has 1 unspecified atom stereocenters. The maximum atomic E-state index is 12.9. The summed E-state index contributed by atoms with van der Waals surface area (Å²) < 4.78 is 5.98. The Morgan fingerprint density at radius 2 is 1.96 bits per heavy atom. The molecule has 1 atom stereocenters. The summed E-state index contributed by atoms with van der Waals surface area (Å²) in [5.74, 6) is 0.772. The molecule has 3 rings (SSSR count). The van der Waals surface area contributed by atoms with Gasteiger partial charge in [0.2, 0.25) is 0 Å². The highest BCUT2D eigenvalue weighted by Crippen LogP contribution is 2.35. The van der Waals surface area contributed by atoms with Crippen molar-refractivity contribution in [1.82, 2.24) is 0 Å². The number of nitrogens with zero attached hydrogens (tertiary/aromatic N) is 1. The van der Waals surface area contributed by atoms with Crippen LogP contribution in [-0.4, -0.2) is 18.7 Å². The molecule has 1 aliphatic rings. The average molecular weight is 324 g/mol. The van der Waals surface area contributed by atoms with Gasteiger partial charge in [0.05, 0.1) is 12.2 Å². The van der Waals surface area contributed by atoms with E-state index in [1.54, 1.807) is 4.90 Å². The van der Waals surface area contributed by atoms with Crippen LogP contribution in [0.3, 0.4) is 0 Å². The third-order valence-electron chi connectivity index (χ3n) is 4.54. The Balaban J connectivity index is 1.88.